The van der Waals surface area contributed by atoms with Crippen molar-refractivity contribution in [3.63, 3.8) is 0 Å². The van der Waals surface area contributed by atoms with Crippen molar-refractivity contribution in [1.82, 2.24) is 4.57 Å². The Morgan fingerprint density at radius 2 is 1.86 bits per heavy atom. The Labute approximate surface area is 246 Å². The van der Waals surface area contributed by atoms with Crippen LogP contribution in [-0.4, -0.2) is 28.9 Å². The van der Waals surface area contributed by atoms with Crippen LogP contribution in [0.1, 0.15) is 36.6 Å². The van der Waals surface area contributed by atoms with E-state index >= 15 is 0 Å². The number of allylic oxidation sites excluding steroid dienone is 1. The molecule has 2 heterocycles. The van der Waals surface area contributed by atoms with Crippen LogP contribution in [0.15, 0.2) is 107 Å². The Morgan fingerprint density at radius 1 is 1.10 bits per heavy atom. The molecule has 8 nitrogen and oxygen atoms in total. The number of aromatic hydroxyl groups is 1. The second-order valence-electron chi connectivity index (χ2n) is 9.47. The number of carbonyl (C=O) groups is 1. The topological polar surface area (TPSA) is 99.4 Å². The van der Waals surface area contributed by atoms with Crippen molar-refractivity contribution >= 4 is 23.4 Å². The second kappa shape index (κ2) is 12.7. The summed E-state index contributed by atoms with van der Waals surface area (Å²) in [4.78, 5) is 32.2. The standard InChI is InChI=1S/C33H30N2O6S/c1-4-17-40-32(38)29-21(3)34-33-35(31(37)28(42-33)19-23-11-16-26(36)27(18-23)39-5-2)30(29)24-12-14-25(15-13-24)41-20-22-9-7-6-8-10-22/h4,6-16,18-19,30,36H,1,5,17,20H2,2-3H3/b28-19-. The van der Waals surface area contributed by atoms with Gasteiger partial charge in [0.25, 0.3) is 5.56 Å². The third kappa shape index (κ3) is 6.06. The number of fused-ring (bicyclic) bond motifs is 1. The van der Waals surface area contributed by atoms with Crippen molar-refractivity contribution in [3.05, 3.63) is 133 Å². The molecule has 42 heavy (non-hydrogen) atoms. The van der Waals surface area contributed by atoms with Gasteiger partial charge in [-0.3, -0.25) is 9.36 Å². The van der Waals surface area contributed by atoms with Gasteiger partial charge in [-0.1, -0.05) is 72.5 Å². The number of aromatic nitrogens is 1. The minimum absolute atomic E-state index is 0.0185. The Balaban J connectivity index is 1.56. The molecule has 4 aromatic rings. The normalized spacial score (nSPS) is 14.6. The summed E-state index contributed by atoms with van der Waals surface area (Å²) in [5.41, 5.74) is 2.87. The van der Waals surface area contributed by atoms with Crippen LogP contribution in [0.25, 0.3) is 6.08 Å². The van der Waals surface area contributed by atoms with E-state index in [9.17, 15) is 14.7 Å². The number of thiazole rings is 1. The highest BCUT2D eigenvalue weighted by atomic mass is 32.1. The van der Waals surface area contributed by atoms with Gasteiger partial charge in [-0.15, -0.1) is 0 Å². The van der Waals surface area contributed by atoms with Gasteiger partial charge in [0, 0.05) is 0 Å². The minimum atomic E-state index is -0.761. The molecular weight excluding hydrogens is 552 g/mol. The van der Waals surface area contributed by atoms with Crippen LogP contribution in [-0.2, 0) is 16.1 Å². The fourth-order valence-electron chi connectivity index (χ4n) is 4.64. The molecule has 5 rings (SSSR count). The van der Waals surface area contributed by atoms with E-state index in [-0.39, 0.29) is 23.5 Å². The van der Waals surface area contributed by atoms with Gasteiger partial charge in [0.05, 0.1) is 28.5 Å². The lowest BCUT2D eigenvalue weighted by atomic mass is 9.96. The zero-order valence-electron chi connectivity index (χ0n) is 23.3. The van der Waals surface area contributed by atoms with E-state index in [1.165, 1.54) is 28.0 Å². The van der Waals surface area contributed by atoms with Crippen LogP contribution in [0.5, 0.6) is 17.2 Å². The molecular formula is C33H30N2O6S. The van der Waals surface area contributed by atoms with E-state index in [1.807, 2.05) is 61.5 Å². The summed E-state index contributed by atoms with van der Waals surface area (Å²) in [6.07, 6.45) is 3.21. The molecule has 0 bridgehead atoms. The lowest BCUT2D eigenvalue weighted by Crippen LogP contribution is -2.39. The average Bonchev–Trinajstić information content (AvgIpc) is 3.30. The predicted octanol–water partition coefficient (Wildman–Crippen LogP) is 4.65. The average molecular weight is 583 g/mol. The molecule has 9 heteroatoms. The van der Waals surface area contributed by atoms with Crippen LogP contribution in [0, 0.1) is 0 Å². The van der Waals surface area contributed by atoms with Gasteiger partial charge in [0.2, 0.25) is 0 Å². The van der Waals surface area contributed by atoms with Crippen molar-refractivity contribution in [2.75, 3.05) is 13.2 Å². The first-order valence-electron chi connectivity index (χ1n) is 13.4. The van der Waals surface area contributed by atoms with Gasteiger partial charge >= 0.3 is 5.97 Å². The summed E-state index contributed by atoms with van der Waals surface area (Å²) in [5.74, 6) is 0.434. The summed E-state index contributed by atoms with van der Waals surface area (Å²) < 4.78 is 18.8. The molecule has 0 saturated heterocycles. The number of rotatable bonds is 10. The van der Waals surface area contributed by atoms with Crippen LogP contribution >= 0.6 is 11.3 Å². The molecule has 1 aliphatic rings. The fraction of sp³-hybridized carbons (Fsp3) is 0.182. The molecule has 0 fully saturated rings. The summed E-state index contributed by atoms with van der Waals surface area (Å²) in [6.45, 7) is 8.02. The lowest BCUT2D eigenvalue weighted by molar-refractivity contribution is -0.138. The fourth-order valence-corrected chi connectivity index (χ4v) is 5.69. The van der Waals surface area contributed by atoms with E-state index in [0.717, 1.165) is 5.56 Å². The van der Waals surface area contributed by atoms with Gasteiger partial charge in [0.15, 0.2) is 16.3 Å². The van der Waals surface area contributed by atoms with E-state index < -0.39 is 12.0 Å². The predicted molar refractivity (Wildman–Crippen MR) is 161 cm³/mol. The molecule has 1 unspecified atom stereocenters. The lowest BCUT2D eigenvalue weighted by Gasteiger charge is -2.24. The summed E-state index contributed by atoms with van der Waals surface area (Å²) in [5, 5.41) is 10.1. The number of nitrogens with zero attached hydrogens (tertiary/aromatic N) is 2. The summed E-state index contributed by atoms with van der Waals surface area (Å²) >= 11 is 1.22. The van der Waals surface area contributed by atoms with E-state index in [4.69, 9.17) is 14.2 Å². The van der Waals surface area contributed by atoms with Gasteiger partial charge < -0.3 is 19.3 Å². The molecule has 1 aliphatic heterocycles. The third-order valence-corrected chi connectivity index (χ3v) is 7.58. The summed E-state index contributed by atoms with van der Waals surface area (Å²) in [7, 11) is 0. The Morgan fingerprint density at radius 3 is 2.57 bits per heavy atom. The van der Waals surface area contributed by atoms with Gasteiger partial charge in [-0.2, -0.15) is 0 Å². The van der Waals surface area contributed by atoms with Crippen molar-refractivity contribution in [3.8, 4) is 17.2 Å². The Kier molecular flexibility index (Phi) is 8.68. The van der Waals surface area contributed by atoms with Crippen molar-refractivity contribution in [2.24, 2.45) is 4.99 Å². The van der Waals surface area contributed by atoms with Gasteiger partial charge in [-0.25, -0.2) is 9.79 Å². The number of esters is 1. The first-order chi connectivity index (χ1) is 20.4. The largest absolute Gasteiger partial charge is 0.504 e. The number of phenolic OH excluding ortho intramolecular Hbond substituents is 1. The minimum Gasteiger partial charge on any atom is -0.504 e. The number of ether oxygens (including phenoxy) is 3. The van der Waals surface area contributed by atoms with E-state index in [2.05, 4.69) is 11.6 Å². The Hall–Kier alpha value is -4.89. The van der Waals surface area contributed by atoms with Gasteiger partial charge in [0.1, 0.15) is 19.0 Å². The highest BCUT2D eigenvalue weighted by Gasteiger charge is 2.33. The zero-order chi connectivity index (χ0) is 29.6. The highest BCUT2D eigenvalue weighted by molar-refractivity contribution is 7.07. The first-order valence-corrected chi connectivity index (χ1v) is 14.2. The maximum Gasteiger partial charge on any atom is 0.338 e. The molecule has 0 amide bonds. The van der Waals surface area contributed by atoms with Crippen LogP contribution in [0.3, 0.4) is 0 Å². The molecule has 0 aliphatic carbocycles. The highest BCUT2D eigenvalue weighted by Crippen LogP contribution is 2.32. The molecule has 1 N–H and O–H groups in total. The smallest absolute Gasteiger partial charge is 0.338 e. The molecule has 3 aromatic carbocycles. The number of hydrogen-bond acceptors (Lipinski definition) is 8. The molecule has 1 aromatic heterocycles. The molecule has 0 spiro atoms. The molecule has 1 atom stereocenters. The van der Waals surface area contributed by atoms with E-state index in [0.29, 0.717) is 50.9 Å². The van der Waals surface area contributed by atoms with Crippen LogP contribution in [0.4, 0.5) is 0 Å². The number of phenols is 1. The zero-order valence-corrected chi connectivity index (χ0v) is 24.1. The van der Waals surface area contributed by atoms with Gasteiger partial charge in [-0.05, 0) is 60.9 Å². The Bertz CT molecular complexity index is 1820. The quantitative estimate of drug-likeness (QED) is 0.216. The molecule has 0 radical (unpaired) electrons. The molecule has 214 valence electrons. The summed E-state index contributed by atoms with van der Waals surface area (Å²) in [6, 6.07) is 21.3. The number of benzene rings is 3. The van der Waals surface area contributed by atoms with Crippen molar-refractivity contribution < 1.29 is 24.1 Å². The number of carbonyl (C=O) groups excluding carboxylic acids is 1. The van der Waals surface area contributed by atoms with Crippen molar-refractivity contribution in [1.29, 1.82) is 0 Å². The SMILES string of the molecule is C=CCOC(=O)C1=C(C)N=c2s/c(=C\c3ccc(O)c(OCC)c3)c(=O)n2C1c1ccc(OCc2ccccc2)cc1. The van der Waals surface area contributed by atoms with E-state index in [1.54, 1.807) is 25.1 Å². The monoisotopic (exact) mass is 582 g/mol. The molecule has 0 saturated carbocycles. The second-order valence-corrected chi connectivity index (χ2v) is 10.5. The number of hydrogen-bond donors (Lipinski definition) is 1. The maximum atomic E-state index is 13.9. The third-order valence-electron chi connectivity index (χ3n) is 6.60. The van der Waals surface area contributed by atoms with Crippen LogP contribution < -0.4 is 24.4 Å². The van der Waals surface area contributed by atoms with Crippen LogP contribution in [0.2, 0.25) is 0 Å². The maximum absolute atomic E-state index is 13.9. The first kappa shape index (κ1) is 28.6. The van der Waals surface area contributed by atoms with Crippen molar-refractivity contribution in [2.45, 2.75) is 26.5 Å².